The van der Waals surface area contributed by atoms with Crippen LogP contribution in [0.4, 0.5) is 5.69 Å². The topological polar surface area (TPSA) is 78.1 Å². The van der Waals surface area contributed by atoms with Crippen LogP contribution in [-0.4, -0.2) is 35.7 Å². The van der Waals surface area contributed by atoms with Crippen LogP contribution in [0.5, 0.6) is 0 Å². The Hall–Kier alpha value is -2.32. The van der Waals surface area contributed by atoms with Crippen molar-refractivity contribution < 1.29 is 4.79 Å². The van der Waals surface area contributed by atoms with Crippen LogP contribution in [0.15, 0.2) is 29.1 Å². The van der Waals surface area contributed by atoms with Crippen molar-refractivity contribution >= 4 is 44.9 Å². The lowest BCUT2D eigenvalue weighted by atomic mass is 10.2. The molecule has 152 valence electrons. The molecule has 0 aliphatic heterocycles. The minimum atomic E-state index is -0.0457. The first-order valence-corrected chi connectivity index (χ1v) is 11.6. The molecule has 0 bridgehead atoms. The average Bonchev–Trinajstić information content (AvgIpc) is 3.27. The van der Waals surface area contributed by atoms with Crippen molar-refractivity contribution in [2.24, 2.45) is 0 Å². The van der Waals surface area contributed by atoms with Gasteiger partial charge in [0.1, 0.15) is 10.7 Å². The number of H-pyrrole nitrogens is 1. The number of aromatic nitrogens is 2. The highest BCUT2D eigenvalue weighted by Crippen LogP contribution is 2.34. The summed E-state index contributed by atoms with van der Waals surface area (Å²) in [5, 5.41) is 3.71. The molecule has 0 saturated carbocycles. The molecule has 6 nitrogen and oxygen atoms in total. The van der Waals surface area contributed by atoms with Crippen LogP contribution < -0.4 is 15.8 Å². The van der Waals surface area contributed by atoms with E-state index in [0.29, 0.717) is 23.9 Å². The van der Waals surface area contributed by atoms with Gasteiger partial charge in [-0.15, -0.1) is 23.1 Å². The Balaban J connectivity index is 1.28. The fourth-order valence-corrected chi connectivity index (χ4v) is 5.52. The molecule has 29 heavy (non-hydrogen) atoms. The van der Waals surface area contributed by atoms with Crippen molar-refractivity contribution in [3.63, 3.8) is 0 Å². The Bertz CT molecular complexity index is 1090. The van der Waals surface area contributed by atoms with Gasteiger partial charge in [0, 0.05) is 31.2 Å². The number of nitrogens with zero attached hydrogens (tertiary/aromatic N) is 2. The summed E-state index contributed by atoms with van der Waals surface area (Å²) in [5.74, 6) is 1.46. The van der Waals surface area contributed by atoms with Crippen LogP contribution in [-0.2, 0) is 29.9 Å². The number of anilines is 1. The van der Waals surface area contributed by atoms with Gasteiger partial charge in [0.25, 0.3) is 5.56 Å². The fourth-order valence-electron chi connectivity index (χ4n) is 3.52. The van der Waals surface area contributed by atoms with Crippen molar-refractivity contribution in [1.29, 1.82) is 0 Å². The van der Waals surface area contributed by atoms with Crippen LogP contribution >= 0.6 is 23.1 Å². The molecule has 2 heterocycles. The maximum atomic E-state index is 12.5. The molecule has 2 N–H and O–H groups in total. The number of hydrogen-bond acceptors (Lipinski definition) is 6. The van der Waals surface area contributed by atoms with E-state index >= 15 is 0 Å². The number of nitrogens with one attached hydrogen (secondary N) is 2. The van der Waals surface area contributed by atoms with E-state index in [9.17, 15) is 9.59 Å². The summed E-state index contributed by atoms with van der Waals surface area (Å²) < 4.78 is 0. The summed E-state index contributed by atoms with van der Waals surface area (Å²) in [6, 6.07) is 8.11. The zero-order valence-corrected chi connectivity index (χ0v) is 18.2. The summed E-state index contributed by atoms with van der Waals surface area (Å²) in [7, 11) is 4.00. The Morgan fingerprint density at radius 1 is 1.28 bits per heavy atom. The Morgan fingerprint density at radius 3 is 2.83 bits per heavy atom. The number of carbonyl (C=O) groups is 1. The number of amides is 1. The van der Waals surface area contributed by atoms with E-state index in [1.165, 1.54) is 22.2 Å². The van der Waals surface area contributed by atoms with Crippen molar-refractivity contribution in [3.8, 4) is 0 Å². The molecular weight excluding hydrogens is 404 g/mol. The van der Waals surface area contributed by atoms with Crippen LogP contribution in [0, 0.1) is 0 Å². The summed E-state index contributed by atoms with van der Waals surface area (Å²) >= 11 is 3.10. The molecule has 0 spiro atoms. The zero-order valence-electron chi connectivity index (χ0n) is 16.6. The van der Waals surface area contributed by atoms with Gasteiger partial charge in [-0.2, -0.15) is 0 Å². The van der Waals surface area contributed by atoms with Crippen molar-refractivity contribution in [2.75, 3.05) is 24.7 Å². The average molecular weight is 429 g/mol. The summed E-state index contributed by atoms with van der Waals surface area (Å²) in [4.78, 5) is 36.3. The molecule has 4 rings (SSSR count). The second-order valence-electron chi connectivity index (χ2n) is 7.38. The van der Waals surface area contributed by atoms with E-state index in [0.717, 1.165) is 40.7 Å². The van der Waals surface area contributed by atoms with Crippen molar-refractivity contribution in [3.05, 3.63) is 56.4 Å². The second kappa shape index (κ2) is 8.59. The number of benzene rings is 1. The smallest absolute Gasteiger partial charge is 0.259 e. The highest BCUT2D eigenvalue weighted by molar-refractivity contribution is 7.99. The highest BCUT2D eigenvalue weighted by atomic mass is 32.2. The van der Waals surface area contributed by atoms with Crippen molar-refractivity contribution in [2.45, 2.75) is 31.6 Å². The largest absolute Gasteiger partial charge is 0.378 e. The number of fused-ring (bicyclic) bond motifs is 3. The monoisotopic (exact) mass is 428 g/mol. The van der Waals surface area contributed by atoms with Gasteiger partial charge in [0.2, 0.25) is 5.91 Å². The normalized spacial score (nSPS) is 12.9. The quantitative estimate of drug-likeness (QED) is 0.605. The zero-order chi connectivity index (χ0) is 20.4. The number of thioether (sulfide) groups is 1. The Kier molecular flexibility index (Phi) is 5.91. The van der Waals surface area contributed by atoms with Crippen molar-refractivity contribution in [1.82, 2.24) is 15.3 Å². The summed E-state index contributed by atoms with van der Waals surface area (Å²) in [6.07, 6.45) is 3.16. The standard InChI is InChI=1S/C21H24N4O2S2/c1-25(2)14-8-6-13(7-9-14)10-22-18(26)12-28-11-17-23-20(27)19-15-4-3-5-16(15)29-21(19)24-17/h6-9H,3-5,10-12H2,1-2H3,(H,22,26)(H,23,24,27). The molecule has 0 fully saturated rings. The number of hydrogen-bond donors (Lipinski definition) is 2. The van der Waals surface area contributed by atoms with Gasteiger partial charge in [-0.25, -0.2) is 4.98 Å². The predicted octanol–water partition coefficient (Wildman–Crippen LogP) is 3.09. The number of aromatic amines is 1. The molecule has 8 heteroatoms. The molecule has 1 amide bonds. The minimum Gasteiger partial charge on any atom is -0.378 e. The first-order valence-electron chi connectivity index (χ1n) is 9.65. The summed E-state index contributed by atoms with van der Waals surface area (Å²) in [6.45, 7) is 0.509. The SMILES string of the molecule is CN(C)c1ccc(CNC(=O)CSCc2nc3sc4c(c3c(=O)[nH]2)CCC4)cc1. The second-order valence-corrected chi connectivity index (χ2v) is 9.45. The van der Waals surface area contributed by atoms with Crippen LogP contribution in [0.2, 0.25) is 0 Å². The highest BCUT2D eigenvalue weighted by Gasteiger charge is 2.21. The molecule has 1 aliphatic carbocycles. The van der Waals surface area contributed by atoms with Gasteiger partial charge < -0.3 is 15.2 Å². The lowest BCUT2D eigenvalue weighted by Gasteiger charge is -2.12. The number of carbonyl (C=O) groups excluding carboxylic acids is 1. The fraction of sp³-hybridized carbons (Fsp3) is 0.381. The van der Waals surface area contributed by atoms with E-state index in [1.807, 2.05) is 43.3 Å². The minimum absolute atomic E-state index is 0.0230. The molecule has 1 aromatic carbocycles. The molecule has 0 radical (unpaired) electrons. The lowest BCUT2D eigenvalue weighted by Crippen LogP contribution is -2.24. The predicted molar refractivity (Wildman–Crippen MR) is 121 cm³/mol. The molecular formula is C21H24N4O2S2. The van der Waals surface area contributed by atoms with Crippen LogP contribution in [0.3, 0.4) is 0 Å². The maximum Gasteiger partial charge on any atom is 0.259 e. The molecule has 1 aliphatic rings. The third-order valence-electron chi connectivity index (χ3n) is 5.04. The van der Waals surface area contributed by atoms with Crippen LogP contribution in [0.1, 0.15) is 28.2 Å². The number of aryl methyl sites for hydroxylation is 2. The molecule has 2 aromatic heterocycles. The van der Waals surface area contributed by atoms with Gasteiger partial charge in [0.05, 0.1) is 16.9 Å². The van der Waals surface area contributed by atoms with E-state index < -0.39 is 0 Å². The van der Waals surface area contributed by atoms with E-state index in [-0.39, 0.29) is 11.5 Å². The van der Waals surface area contributed by atoms with Gasteiger partial charge in [-0.05, 0) is 42.5 Å². The molecule has 0 saturated heterocycles. The van der Waals surface area contributed by atoms with E-state index in [4.69, 9.17) is 0 Å². The molecule has 0 atom stereocenters. The van der Waals surface area contributed by atoms with Gasteiger partial charge >= 0.3 is 0 Å². The Labute approximate surface area is 177 Å². The van der Waals surface area contributed by atoms with E-state index in [1.54, 1.807) is 11.3 Å². The van der Waals surface area contributed by atoms with Gasteiger partial charge in [-0.3, -0.25) is 9.59 Å². The lowest BCUT2D eigenvalue weighted by molar-refractivity contribution is -0.118. The first kappa shape index (κ1) is 20.0. The third kappa shape index (κ3) is 4.48. The first-order chi connectivity index (χ1) is 14.0. The molecule has 3 aromatic rings. The van der Waals surface area contributed by atoms with Gasteiger partial charge in [0.15, 0.2) is 0 Å². The summed E-state index contributed by atoms with van der Waals surface area (Å²) in [5.41, 5.74) is 3.34. The number of rotatable bonds is 7. The molecule has 0 unspecified atom stereocenters. The maximum absolute atomic E-state index is 12.5. The Morgan fingerprint density at radius 2 is 2.07 bits per heavy atom. The number of thiophene rings is 1. The van der Waals surface area contributed by atoms with Gasteiger partial charge in [-0.1, -0.05) is 12.1 Å². The third-order valence-corrected chi connectivity index (χ3v) is 7.17. The van der Waals surface area contributed by atoms with Crippen LogP contribution in [0.25, 0.3) is 10.2 Å². The van der Waals surface area contributed by atoms with E-state index in [2.05, 4.69) is 15.3 Å².